The van der Waals surface area contributed by atoms with Crippen LogP contribution in [-0.4, -0.2) is 11.0 Å². The van der Waals surface area contributed by atoms with Gasteiger partial charge >= 0.3 is 0 Å². The summed E-state index contributed by atoms with van der Waals surface area (Å²) in [5, 5.41) is 15.9. The lowest BCUT2D eigenvalue weighted by atomic mass is 10.1. The van der Waals surface area contributed by atoms with Crippen molar-refractivity contribution in [1.82, 2.24) is 0 Å². The zero-order valence-electron chi connectivity index (χ0n) is 11.3. The van der Waals surface area contributed by atoms with Gasteiger partial charge in [-0.15, -0.1) is 0 Å². The summed E-state index contributed by atoms with van der Waals surface area (Å²) in [4.78, 5) is 12.0. The van der Waals surface area contributed by atoms with E-state index in [1.54, 1.807) is 42.6 Å². The van der Waals surface area contributed by atoms with E-state index >= 15 is 0 Å². The van der Waals surface area contributed by atoms with E-state index < -0.39 is 0 Å². The van der Waals surface area contributed by atoms with Crippen LogP contribution in [0.3, 0.4) is 0 Å². The highest BCUT2D eigenvalue weighted by molar-refractivity contribution is 6.34. The molecule has 0 atom stereocenters. The molecule has 0 radical (unpaired) electrons. The molecular weight excluding hydrogens is 288 g/mol. The van der Waals surface area contributed by atoms with Gasteiger partial charge in [-0.3, -0.25) is 4.79 Å². The van der Waals surface area contributed by atoms with Crippen molar-refractivity contribution in [2.45, 2.75) is 6.92 Å². The minimum atomic E-state index is -0.171. The maximum absolute atomic E-state index is 12.0. The lowest BCUT2D eigenvalue weighted by Crippen LogP contribution is -2.05. The first-order chi connectivity index (χ1) is 10.0. The molecular formula is C16H13ClN2O2. The van der Waals surface area contributed by atoms with Crippen molar-refractivity contribution in [3.05, 3.63) is 58.7 Å². The van der Waals surface area contributed by atoms with E-state index in [0.717, 1.165) is 22.5 Å². The van der Waals surface area contributed by atoms with E-state index in [2.05, 4.69) is 10.6 Å². The number of anilines is 2. The molecule has 0 aliphatic carbocycles. The Hall–Kier alpha value is -2.46. The summed E-state index contributed by atoms with van der Waals surface area (Å²) in [6, 6.07) is 10.4. The van der Waals surface area contributed by atoms with Crippen molar-refractivity contribution in [2.75, 3.05) is 10.6 Å². The van der Waals surface area contributed by atoms with Gasteiger partial charge < -0.3 is 15.7 Å². The Morgan fingerprint density at radius 3 is 2.81 bits per heavy atom. The lowest BCUT2D eigenvalue weighted by molar-refractivity contribution is -0.110. The van der Waals surface area contributed by atoms with Gasteiger partial charge in [0.15, 0.2) is 0 Å². The molecule has 0 spiro atoms. The molecule has 1 aliphatic heterocycles. The number of carbonyl (C=O) groups is 1. The van der Waals surface area contributed by atoms with Crippen LogP contribution < -0.4 is 10.6 Å². The van der Waals surface area contributed by atoms with Gasteiger partial charge in [0.05, 0.1) is 5.57 Å². The highest BCUT2D eigenvalue weighted by Gasteiger charge is 2.24. The Bertz CT molecular complexity index is 769. The summed E-state index contributed by atoms with van der Waals surface area (Å²) in [6.07, 6.45) is 1.64. The van der Waals surface area contributed by atoms with Crippen molar-refractivity contribution in [3.63, 3.8) is 0 Å². The molecule has 4 nitrogen and oxygen atoms in total. The van der Waals surface area contributed by atoms with Gasteiger partial charge in [0, 0.05) is 28.2 Å². The van der Waals surface area contributed by atoms with Crippen LogP contribution in [0.15, 0.2) is 42.6 Å². The maximum Gasteiger partial charge on any atom is 0.257 e. The van der Waals surface area contributed by atoms with Crippen LogP contribution in [0.5, 0.6) is 5.75 Å². The SMILES string of the molecule is Cc1cc(N/C=C2/C(=O)Nc3ccc(Cl)cc32)ccc1O. The number of aromatic hydroxyl groups is 1. The van der Waals surface area contributed by atoms with Crippen molar-refractivity contribution >= 4 is 34.5 Å². The monoisotopic (exact) mass is 300 g/mol. The normalized spacial score (nSPS) is 15.0. The van der Waals surface area contributed by atoms with Crippen molar-refractivity contribution in [1.29, 1.82) is 0 Å². The highest BCUT2D eigenvalue weighted by atomic mass is 35.5. The average molecular weight is 301 g/mol. The number of fused-ring (bicyclic) bond motifs is 1. The quantitative estimate of drug-likeness (QED) is 0.584. The zero-order valence-corrected chi connectivity index (χ0v) is 12.0. The van der Waals surface area contributed by atoms with Gasteiger partial charge in [0.1, 0.15) is 5.75 Å². The first-order valence-electron chi connectivity index (χ1n) is 6.42. The maximum atomic E-state index is 12.0. The number of carbonyl (C=O) groups excluding carboxylic acids is 1. The highest BCUT2D eigenvalue weighted by Crippen LogP contribution is 2.33. The fourth-order valence-electron chi connectivity index (χ4n) is 2.20. The first-order valence-corrected chi connectivity index (χ1v) is 6.80. The molecule has 0 bridgehead atoms. The number of hydrogen-bond acceptors (Lipinski definition) is 3. The predicted octanol–water partition coefficient (Wildman–Crippen LogP) is 3.76. The van der Waals surface area contributed by atoms with Crippen LogP contribution >= 0.6 is 11.6 Å². The first kappa shape index (κ1) is 13.5. The van der Waals surface area contributed by atoms with E-state index in [0.29, 0.717) is 10.6 Å². The number of hydrogen-bond donors (Lipinski definition) is 3. The minimum Gasteiger partial charge on any atom is -0.508 e. The molecule has 1 amide bonds. The van der Waals surface area contributed by atoms with Crippen LogP contribution in [0.1, 0.15) is 11.1 Å². The molecule has 1 aliphatic rings. The molecule has 5 heteroatoms. The summed E-state index contributed by atoms with van der Waals surface area (Å²) in [5.74, 6) is 0.0687. The van der Waals surface area contributed by atoms with Gasteiger partial charge in [-0.2, -0.15) is 0 Å². The van der Waals surface area contributed by atoms with E-state index in [9.17, 15) is 9.90 Å². The van der Waals surface area contributed by atoms with Crippen LogP contribution in [-0.2, 0) is 4.79 Å². The molecule has 1 heterocycles. The number of halogens is 1. The predicted molar refractivity (Wildman–Crippen MR) is 84.5 cm³/mol. The number of benzene rings is 2. The summed E-state index contributed by atoms with van der Waals surface area (Å²) < 4.78 is 0. The second kappa shape index (κ2) is 5.14. The second-order valence-electron chi connectivity index (χ2n) is 4.85. The number of amides is 1. The Balaban J connectivity index is 1.92. The smallest absolute Gasteiger partial charge is 0.257 e. The van der Waals surface area contributed by atoms with Crippen molar-refractivity contribution in [2.24, 2.45) is 0 Å². The summed E-state index contributed by atoms with van der Waals surface area (Å²) in [7, 11) is 0. The third kappa shape index (κ3) is 2.58. The van der Waals surface area contributed by atoms with Crippen LogP contribution in [0, 0.1) is 6.92 Å². The molecule has 3 N–H and O–H groups in total. The van der Waals surface area contributed by atoms with Gasteiger partial charge in [-0.1, -0.05) is 11.6 Å². The van der Waals surface area contributed by atoms with Crippen LogP contribution in [0.25, 0.3) is 5.57 Å². The lowest BCUT2D eigenvalue weighted by Gasteiger charge is -2.05. The number of phenolic OH excluding ortho intramolecular Hbond substituents is 1. The fraction of sp³-hybridized carbons (Fsp3) is 0.0625. The zero-order chi connectivity index (χ0) is 15.0. The van der Waals surface area contributed by atoms with E-state index in [-0.39, 0.29) is 11.7 Å². The summed E-state index contributed by atoms with van der Waals surface area (Å²) in [5.41, 5.74) is 3.60. The molecule has 0 fully saturated rings. The van der Waals surface area contributed by atoms with Crippen LogP contribution in [0.2, 0.25) is 5.02 Å². The molecule has 0 aromatic heterocycles. The number of nitrogens with one attached hydrogen (secondary N) is 2. The average Bonchev–Trinajstić information content (AvgIpc) is 2.75. The van der Waals surface area contributed by atoms with Crippen LogP contribution in [0.4, 0.5) is 11.4 Å². The Labute approximate surface area is 127 Å². The molecule has 3 rings (SSSR count). The number of aryl methyl sites for hydroxylation is 1. The fourth-order valence-corrected chi connectivity index (χ4v) is 2.38. The summed E-state index contributed by atoms with van der Waals surface area (Å²) in [6.45, 7) is 1.81. The minimum absolute atomic E-state index is 0.171. The molecule has 21 heavy (non-hydrogen) atoms. The second-order valence-corrected chi connectivity index (χ2v) is 5.28. The third-order valence-electron chi connectivity index (χ3n) is 3.34. The summed E-state index contributed by atoms with van der Waals surface area (Å²) >= 11 is 5.98. The molecule has 2 aromatic rings. The number of phenols is 1. The van der Waals surface area contributed by atoms with Gasteiger partial charge in [0.25, 0.3) is 5.91 Å². The van der Waals surface area contributed by atoms with Gasteiger partial charge in [0.2, 0.25) is 0 Å². The van der Waals surface area contributed by atoms with E-state index in [1.807, 2.05) is 6.92 Å². The largest absolute Gasteiger partial charge is 0.508 e. The topological polar surface area (TPSA) is 61.4 Å². The van der Waals surface area contributed by atoms with E-state index in [4.69, 9.17) is 11.6 Å². The van der Waals surface area contributed by atoms with Crippen molar-refractivity contribution in [3.8, 4) is 5.75 Å². The van der Waals surface area contributed by atoms with Crippen molar-refractivity contribution < 1.29 is 9.90 Å². The molecule has 2 aromatic carbocycles. The molecule has 0 saturated carbocycles. The third-order valence-corrected chi connectivity index (χ3v) is 3.58. The molecule has 0 unspecified atom stereocenters. The van der Waals surface area contributed by atoms with E-state index in [1.165, 1.54) is 0 Å². The standard InChI is InChI=1S/C16H13ClN2O2/c1-9-6-11(3-5-15(9)20)18-8-13-12-7-10(17)2-4-14(12)19-16(13)21/h2-8,18,20H,1H3,(H,19,21)/b13-8+. The Kier molecular flexibility index (Phi) is 3.31. The Morgan fingerprint density at radius 2 is 2.05 bits per heavy atom. The van der Waals surface area contributed by atoms with Gasteiger partial charge in [-0.25, -0.2) is 0 Å². The van der Waals surface area contributed by atoms with Gasteiger partial charge in [-0.05, 0) is 48.9 Å². The molecule has 0 saturated heterocycles. The molecule has 106 valence electrons. The number of rotatable bonds is 2. The Morgan fingerprint density at radius 1 is 1.24 bits per heavy atom.